The van der Waals surface area contributed by atoms with Gasteiger partial charge in [-0.2, -0.15) is 0 Å². The third-order valence-corrected chi connectivity index (χ3v) is 3.20. The number of nitrogens with two attached hydrogens (primary N) is 1. The van der Waals surface area contributed by atoms with E-state index in [2.05, 4.69) is 0 Å². The monoisotopic (exact) mass is 299 g/mol. The molecule has 0 amide bonds. The summed E-state index contributed by atoms with van der Waals surface area (Å²) in [6.07, 6.45) is 0.789. The van der Waals surface area contributed by atoms with Crippen LogP contribution in [-0.2, 0) is 11.3 Å². The fraction of sp³-hybridized carbons (Fsp3) is 0.278. The highest BCUT2D eigenvalue weighted by atomic mass is 16.5. The molecule has 22 heavy (non-hydrogen) atoms. The summed E-state index contributed by atoms with van der Waals surface area (Å²) < 4.78 is 10.8. The van der Waals surface area contributed by atoms with Crippen molar-refractivity contribution in [3.63, 3.8) is 0 Å². The van der Waals surface area contributed by atoms with E-state index in [0.717, 1.165) is 12.0 Å². The molecule has 4 nitrogen and oxygen atoms in total. The second-order valence-electron chi connectivity index (χ2n) is 5.16. The van der Waals surface area contributed by atoms with Crippen LogP contribution < -0.4 is 10.5 Å². The van der Waals surface area contributed by atoms with Gasteiger partial charge in [0.25, 0.3) is 0 Å². The Labute approximate surface area is 130 Å². The lowest BCUT2D eigenvalue weighted by molar-refractivity contribution is 0.0504. The summed E-state index contributed by atoms with van der Waals surface area (Å²) in [6, 6.07) is 13.0. The van der Waals surface area contributed by atoms with Crippen LogP contribution in [0, 0.1) is 6.92 Å². The van der Waals surface area contributed by atoms with Crippen LogP contribution in [0.1, 0.15) is 34.8 Å². The first-order valence-electron chi connectivity index (χ1n) is 7.35. The maximum Gasteiger partial charge on any atom is 0.338 e. The maximum absolute atomic E-state index is 11.9. The van der Waals surface area contributed by atoms with Crippen molar-refractivity contribution in [1.82, 2.24) is 0 Å². The van der Waals surface area contributed by atoms with Gasteiger partial charge in [-0.05, 0) is 37.1 Å². The van der Waals surface area contributed by atoms with Gasteiger partial charge >= 0.3 is 5.97 Å². The number of hydrogen-bond acceptors (Lipinski definition) is 4. The molecule has 0 fully saturated rings. The zero-order chi connectivity index (χ0) is 15.9. The number of benzene rings is 2. The van der Waals surface area contributed by atoms with Crippen molar-refractivity contribution in [1.29, 1.82) is 0 Å². The predicted octanol–water partition coefficient (Wildman–Crippen LogP) is 3.72. The van der Waals surface area contributed by atoms with Gasteiger partial charge in [-0.3, -0.25) is 0 Å². The van der Waals surface area contributed by atoms with Crippen molar-refractivity contribution < 1.29 is 14.3 Å². The molecule has 2 rings (SSSR count). The number of rotatable bonds is 6. The third kappa shape index (κ3) is 4.25. The van der Waals surface area contributed by atoms with Crippen molar-refractivity contribution in [2.45, 2.75) is 26.9 Å². The number of carbonyl (C=O) groups is 1. The summed E-state index contributed by atoms with van der Waals surface area (Å²) in [6.45, 7) is 4.79. The van der Waals surface area contributed by atoms with Gasteiger partial charge in [-0.1, -0.05) is 36.8 Å². The van der Waals surface area contributed by atoms with Crippen molar-refractivity contribution in [2.75, 3.05) is 12.3 Å². The molecule has 0 unspecified atom stereocenters. The first kappa shape index (κ1) is 15.9. The molecule has 0 saturated carbocycles. The van der Waals surface area contributed by atoms with Gasteiger partial charge in [0.2, 0.25) is 0 Å². The van der Waals surface area contributed by atoms with E-state index in [1.165, 1.54) is 5.56 Å². The van der Waals surface area contributed by atoms with E-state index >= 15 is 0 Å². The minimum Gasteiger partial charge on any atom is -0.487 e. The molecule has 0 saturated heterocycles. The Morgan fingerprint density at radius 2 is 1.86 bits per heavy atom. The summed E-state index contributed by atoms with van der Waals surface area (Å²) in [5, 5.41) is 0. The molecule has 0 heterocycles. The van der Waals surface area contributed by atoms with Crippen LogP contribution in [0.25, 0.3) is 0 Å². The zero-order valence-electron chi connectivity index (χ0n) is 13.0. The van der Waals surface area contributed by atoms with Gasteiger partial charge in [0.05, 0.1) is 17.9 Å². The highest BCUT2D eigenvalue weighted by Gasteiger charge is 2.10. The van der Waals surface area contributed by atoms with Crippen LogP contribution in [0.2, 0.25) is 0 Å². The van der Waals surface area contributed by atoms with E-state index in [9.17, 15) is 4.79 Å². The SMILES string of the molecule is CCCOC(=O)c1ccc(N)c(OCc2ccc(C)cc2)c1. The molecule has 0 spiro atoms. The van der Waals surface area contributed by atoms with E-state index in [4.69, 9.17) is 15.2 Å². The normalized spacial score (nSPS) is 10.3. The van der Waals surface area contributed by atoms with Crippen LogP contribution in [0.5, 0.6) is 5.75 Å². The first-order chi connectivity index (χ1) is 10.6. The number of esters is 1. The van der Waals surface area contributed by atoms with Crippen LogP contribution in [0.4, 0.5) is 5.69 Å². The molecule has 0 aromatic heterocycles. The number of hydrogen-bond donors (Lipinski definition) is 1. The van der Waals surface area contributed by atoms with Crippen LogP contribution in [0.15, 0.2) is 42.5 Å². The van der Waals surface area contributed by atoms with Crippen molar-refractivity contribution in [3.05, 3.63) is 59.2 Å². The Bertz CT molecular complexity index is 635. The minimum absolute atomic E-state index is 0.359. The van der Waals surface area contributed by atoms with E-state index in [1.54, 1.807) is 18.2 Å². The highest BCUT2D eigenvalue weighted by Crippen LogP contribution is 2.24. The van der Waals surface area contributed by atoms with E-state index < -0.39 is 0 Å². The number of aryl methyl sites for hydroxylation is 1. The largest absolute Gasteiger partial charge is 0.487 e. The van der Waals surface area contributed by atoms with Crippen molar-refractivity contribution in [3.8, 4) is 5.75 Å². The lowest BCUT2D eigenvalue weighted by atomic mass is 10.1. The molecule has 0 atom stereocenters. The van der Waals surface area contributed by atoms with E-state index in [1.807, 2.05) is 38.1 Å². The number of ether oxygens (including phenoxy) is 2. The second-order valence-corrected chi connectivity index (χ2v) is 5.16. The van der Waals surface area contributed by atoms with Gasteiger partial charge < -0.3 is 15.2 Å². The van der Waals surface area contributed by atoms with Gasteiger partial charge in [0, 0.05) is 0 Å². The van der Waals surface area contributed by atoms with Crippen LogP contribution >= 0.6 is 0 Å². The molecular weight excluding hydrogens is 278 g/mol. The molecule has 0 aliphatic heterocycles. The molecule has 2 N–H and O–H groups in total. The lowest BCUT2D eigenvalue weighted by Crippen LogP contribution is -2.07. The third-order valence-electron chi connectivity index (χ3n) is 3.20. The minimum atomic E-state index is -0.359. The summed E-state index contributed by atoms with van der Waals surface area (Å²) in [5.41, 5.74) is 9.09. The van der Waals surface area contributed by atoms with Crippen LogP contribution in [-0.4, -0.2) is 12.6 Å². The molecule has 4 heteroatoms. The molecule has 0 bridgehead atoms. The number of carbonyl (C=O) groups excluding carboxylic acids is 1. The molecular formula is C18H21NO3. The number of nitrogen functional groups attached to an aromatic ring is 1. The fourth-order valence-corrected chi connectivity index (χ4v) is 1.91. The molecule has 0 aliphatic carbocycles. The molecule has 2 aromatic rings. The Balaban J connectivity index is 2.06. The Hall–Kier alpha value is -2.49. The summed E-state index contributed by atoms with van der Waals surface area (Å²) >= 11 is 0. The topological polar surface area (TPSA) is 61.5 Å². The van der Waals surface area contributed by atoms with Crippen LogP contribution in [0.3, 0.4) is 0 Å². The van der Waals surface area contributed by atoms with Gasteiger partial charge in [0.15, 0.2) is 0 Å². The second kappa shape index (κ2) is 7.50. The quantitative estimate of drug-likeness (QED) is 0.652. The maximum atomic E-state index is 11.9. The molecule has 116 valence electrons. The molecule has 0 aliphatic rings. The first-order valence-corrected chi connectivity index (χ1v) is 7.35. The van der Waals surface area contributed by atoms with Crippen molar-refractivity contribution in [2.24, 2.45) is 0 Å². The zero-order valence-corrected chi connectivity index (χ0v) is 13.0. The Kier molecular flexibility index (Phi) is 5.42. The van der Waals surface area contributed by atoms with E-state index in [0.29, 0.717) is 30.2 Å². The van der Waals surface area contributed by atoms with E-state index in [-0.39, 0.29) is 5.97 Å². The van der Waals surface area contributed by atoms with Gasteiger partial charge in [-0.25, -0.2) is 4.79 Å². The lowest BCUT2D eigenvalue weighted by Gasteiger charge is -2.11. The summed E-state index contributed by atoms with van der Waals surface area (Å²) in [4.78, 5) is 11.9. The predicted molar refractivity (Wildman–Crippen MR) is 86.9 cm³/mol. The average Bonchev–Trinajstić information content (AvgIpc) is 2.53. The Morgan fingerprint density at radius 1 is 1.14 bits per heavy atom. The average molecular weight is 299 g/mol. The molecule has 2 aromatic carbocycles. The summed E-state index contributed by atoms with van der Waals surface area (Å²) in [5.74, 6) is 0.133. The summed E-state index contributed by atoms with van der Waals surface area (Å²) in [7, 11) is 0. The van der Waals surface area contributed by atoms with Gasteiger partial charge in [-0.15, -0.1) is 0 Å². The van der Waals surface area contributed by atoms with Gasteiger partial charge in [0.1, 0.15) is 12.4 Å². The Morgan fingerprint density at radius 3 is 2.55 bits per heavy atom. The molecule has 0 radical (unpaired) electrons. The highest BCUT2D eigenvalue weighted by molar-refractivity contribution is 5.90. The van der Waals surface area contributed by atoms with Crippen molar-refractivity contribution >= 4 is 11.7 Å². The smallest absolute Gasteiger partial charge is 0.338 e. The fourth-order valence-electron chi connectivity index (χ4n) is 1.91. The number of anilines is 1. The standard InChI is InChI=1S/C18H21NO3/c1-3-10-21-18(20)15-8-9-16(19)17(11-15)22-12-14-6-4-13(2)5-7-14/h4-9,11H,3,10,12,19H2,1-2H3.